The molecule has 0 saturated heterocycles. The molecule has 0 bridgehead atoms. The summed E-state index contributed by atoms with van der Waals surface area (Å²) in [4.78, 5) is 22.6. The van der Waals surface area contributed by atoms with Gasteiger partial charge < -0.3 is 24.4 Å². The van der Waals surface area contributed by atoms with E-state index >= 15 is 0 Å². The van der Waals surface area contributed by atoms with Crippen LogP contribution >= 0.6 is 0 Å². The minimum absolute atomic E-state index is 0.0305. The number of amides is 1. The fraction of sp³-hybridized carbons (Fsp3) is 0.176. The van der Waals surface area contributed by atoms with Crippen LogP contribution in [0.1, 0.15) is 10.4 Å². The summed E-state index contributed by atoms with van der Waals surface area (Å²) in [7, 11) is 1.56. The molecule has 0 aliphatic rings. The number of aromatic carboxylic acids is 1. The third-order valence-corrected chi connectivity index (χ3v) is 3.15. The predicted molar refractivity (Wildman–Crippen MR) is 88.5 cm³/mol. The molecule has 0 saturated carbocycles. The summed E-state index contributed by atoms with van der Waals surface area (Å²) in [6.07, 6.45) is -0.837. The van der Waals surface area contributed by atoms with Gasteiger partial charge in [0.25, 0.3) is 0 Å². The summed E-state index contributed by atoms with van der Waals surface area (Å²) >= 11 is 0. The molecule has 0 spiro atoms. The highest BCUT2D eigenvalue weighted by molar-refractivity contribution is 5.96. The van der Waals surface area contributed by atoms with Crippen LogP contribution in [0.15, 0.2) is 42.5 Å². The fourth-order valence-electron chi connectivity index (χ4n) is 1.93. The zero-order valence-electron chi connectivity index (χ0n) is 13.4. The molecule has 2 aromatic carbocycles. The van der Waals surface area contributed by atoms with E-state index < -0.39 is 17.8 Å². The lowest BCUT2D eigenvalue weighted by Gasteiger charge is -2.10. The van der Waals surface area contributed by atoms with Crippen molar-refractivity contribution in [1.82, 2.24) is 0 Å². The van der Waals surface area contributed by atoms with Gasteiger partial charge in [0, 0.05) is 0 Å². The van der Waals surface area contributed by atoms with Crippen molar-refractivity contribution >= 4 is 17.7 Å². The number of hydrogen-bond acceptors (Lipinski definition) is 6. The number of anilines is 1. The van der Waals surface area contributed by atoms with Crippen molar-refractivity contribution in [2.24, 2.45) is 0 Å². The molecular formula is C17H17NO7. The Balaban J connectivity index is 1.79. The number of carbonyl (C=O) groups excluding carboxylic acids is 1. The monoisotopic (exact) mass is 347 g/mol. The van der Waals surface area contributed by atoms with Crippen LogP contribution in [-0.4, -0.2) is 42.6 Å². The maximum atomic E-state index is 11.7. The van der Waals surface area contributed by atoms with Gasteiger partial charge in [-0.1, -0.05) is 6.07 Å². The van der Waals surface area contributed by atoms with E-state index in [2.05, 4.69) is 5.32 Å². The van der Waals surface area contributed by atoms with Gasteiger partial charge in [-0.2, -0.15) is 0 Å². The molecule has 0 aliphatic heterocycles. The van der Waals surface area contributed by atoms with E-state index in [1.165, 1.54) is 18.2 Å². The first-order chi connectivity index (χ1) is 12.0. The molecule has 8 heteroatoms. The number of aromatic hydroxyl groups is 1. The molecule has 0 heterocycles. The lowest BCUT2D eigenvalue weighted by Crippen LogP contribution is -2.18. The van der Waals surface area contributed by atoms with Crippen molar-refractivity contribution < 1.29 is 34.0 Å². The Morgan fingerprint density at radius 2 is 1.72 bits per heavy atom. The van der Waals surface area contributed by atoms with Gasteiger partial charge in [0.2, 0.25) is 0 Å². The van der Waals surface area contributed by atoms with Gasteiger partial charge in [-0.3, -0.25) is 5.32 Å². The van der Waals surface area contributed by atoms with E-state index in [0.717, 1.165) is 0 Å². The lowest BCUT2D eigenvalue weighted by atomic mass is 10.2. The van der Waals surface area contributed by atoms with E-state index in [4.69, 9.17) is 19.3 Å². The molecule has 0 aliphatic carbocycles. The van der Waals surface area contributed by atoms with Crippen molar-refractivity contribution in [2.45, 2.75) is 0 Å². The zero-order valence-corrected chi connectivity index (χ0v) is 13.4. The van der Waals surface area contributed by atoms with Gasteiger partial charge in [-0.15, -0.1) is 0 Å². The molecule has 0 atom stereocenters. The SMILES string of the molecule is COc1ccc(OCCOC(=O)Nc2cccc(C(=O)O)c2O)cc1. The molecule has 25 heavy (non-hydrogen) atoms. The standard InChI is InChI=1S/C17H17NO7/c1-23-11-5-7-12(8-6-11)24-9-10-25-17(22)18-14-4-2-3-13(15(14)19)16(20)21/h2-8,19H,9-10H2,1H3,(H,18,22)(H,20,21). The zero-order chi connectivity index (χ0) is 18.2. The number of hydrogen-bond donors (Lipinski definition) is 3. The molecule has 0 radical (unpaired) electrons. The number of carboxylic acid groups (broad SMARTS) is 1. The summed E-state index contributed by atoms with van der Waals surface area (Å²) in [5.41, 5.74) is -0.374. The minimum Gasteiger partial charge on any atom is -0.505 e. The Morgan fingerprint density at radius 1 is 1.04 bits per heavy atom. The second-order valence-electron chi connectivity index (χ2n) is 4.79. The van der Waals surface area contributed by atoms with Crippen molar-refractivity contribution in [1.29, 1.82) is 0 Å². The molecule has 2 rings (SSSR count). The summed E-state index contributed by atoms with van der Waals surface area (Å²) < 4.78 is 15.3. The third-order valence-electron chi connectivity index (χ3n) is 3.15. The summed E-state index contributed by atoms with van der Waals surface area (Å²) in [5.74, 6) is -0.549. The Labute approximate surface area is 143 Å². The maximum absolute atomic E-state index is 11.7. The first kappa shape index (κ1) is 17.9. The van der Waals surface area contributed by atoms with Gasteiger partial charge in [0.15, 0.2) is 5.75 Å². The number of para-hydroxylation sites is 1. The van der Waals surface area contributed by atoms with Gasteiger partial charge >= 0.3 is 12.1 Å². The van der Waals surface area contributed by atoms with E-state index in [-0.39, 0.29) is 24.5 Å². The van der Waals surface area contributed by atoms with Crippen LogP contribution in [0.3, 0.4) is 0 Å². The Morgan fingerprint density at radius 3 is 2.36 bits per heavy atom. The van der Waals surface area contributed by atoms with Crippen LogP contribution < -0.4 is 14.8 Å². The number of ether oxygens (including phenoxy) is 3. The van der Waals surface area contributed by atoms with Gasteiger partial charge in [0.1, 0.15) is 30.3 Å². The average molecular weight is 347 g/mol. The number of nitrogens with one attached hydrogen (secondary N) is 1. The number of phenols is 1. The maximum Gasteiger partial charge on any atom is 0.411 e. The van der Waals surface area contributed by atoms with Crippen molar-refractivity contribution in [3.8, 4) is 17.2 Å². The summed E-state index contributed by atoms with van der Waals surface area (Å²) in [6.45, 7) is 0.0954. The van der Waals surface area contributed by atoms with Crippen molar-refractivity contribution in [3.05, 3.63) is 48.0 Å². The molecule has 0 unspecified atom stereocenters. The van der Waals surface area contributed by atoms with E-state index in [1.54, 1.807) is 31.4 Å². The summed E-state index contributed by atoms with van der Waals surface area (Å²) in [6, 6.07) is 10.9. The molecule has 0 fully saturated rings. The molecule has 3 N–H and O–H groups in total. The van der Waals surface area contributed by atoms with Crippen LogP contribution in [0.5, 0.6) is 17.2 Å². The van der Waals surface area contributed by atoms with E-state index in [0.29, 0.717) is 11.5 Å². The smallest absolute Gasteiger partial charge is 0.411 e. The van der Waals surface area contributed by atoms with E-state index in [9.17, 15) is 14.7 Å². The second-order valence-corrected chi connectivity index (χ2v) is 4.79. The molecule has 2 aromatic rings. The number of rotatable bonds is 7. The number of carbonyl (C=O) groups is 2. The quantitative estimate of drug-likeness (QED) is 0.521. The fourth-order valence-corrected chi connectivity index (χ4v) is 1.93. The highest BCUT2D eigenvalue weighted by Gasteiger charge is 2.15. The normalized spacial score (nSPS) is 9.96. The first-order valence-electron chi connectivity index (χ1n) is 7.27. The highest BCUT2D eigenvalue weighted by atomic mass is 16.6. The third kappa shape index (κ3) is 5.03. The molecule has 8 nitrogen and oxygen atoms in total. The minimum atomic E-state index is -1.30. The number of benzene rings is 2. The predicted octanol–water partition coefficient (Wildman–Crippen LogP) is 2.73. The molecular weight excluding hydrogens is 330 g/mol. The molecule has 0 aromatic heterocycles. The number of methoxy groups -OCH3 is 1. The Kier molecular flexibility index (Phi) is 6.05. The Hall–Kier alpha value is -3.42. The van der Waals surface area contributed by atoms with Crippen LogP contribution in [0.2, 0.25) is 0 Å². The molecule has 1 amide bonds. The average Bonchev–Trinajstić information content (AvgIpc) is 2.61. The van der Waals surface area contributed by atoms with Gasteiger partial charge in [-0.25, -0.2) is 9.59 Å². The van der Waals surface area contributed by atoms with Crippen LogP contribution in [0.25, 0.3) is 0 Å². The largest absolute Gasteiger partial charge is 0.505 e. The van der Waals surface area contributed by atoms with Crippen LogP contribution in [-0.2, 0) is 4.74 Å². The highest BCUT2D eigenvalue weighted by Crippen LogP contribution is 2.27. The Bertz CT molecular complexity index is 743. The lowest BCUT2D eigenvalue weighted by molar-refractivity contribution is 0.0693. The van der Waals surface area contributed by atoms with Crippen molar-refractivity contribution in [2.75, 3.05) is 25.6 Å². The second kappa shape index (κ2) is 8.44. The van der Waals surface area contributed by atoms with Gasteiger partial charge in [-0.05, 0) is 36.4 Å². The molecule has 132 valence electrons. The van der Waals surface area contributed by atoms with Crippen LogP contribution in [0, 0.1) is 0 Å². The van der Waals surface area contributed by atoms with Crippen LogP contribution in [0.4, 0.5) is 10.5 Å². The van der Waals surface area contributed by atoms with Crippen molar-refractivity contribution in [3.63, 3.8) is 0 Å². The topological polar surface area (TPSA) is 114 Å². The van der Waals surface area contributed by atoms with Gasteiger partial charge in [0.05, 0.1) is 12.8 Å². The first-order valence-corrected chi connectivity index (χ1v) is 7.27. The number of carboxylic acids is 1. The summed E-state index contributed by atoms with van der Waals surface area (Å²) in [5, 5.41) is 21.0. The van der Waals surface area contributed by atoms with E-state index in [1.807, 2.05) is 0 Å².